The first-order valence-electron chi connectivity index (χ1n) is 12.8. The van der Waals surface area contributed by atoms with Crippen molar-refractivity contribution in [2.24, 2.45) is 0 Å². The van der Waals surface area contributed by atoms with Crippen LogP contribution in [0.2, 0.25) is 0 Å². The first-order chi connectivity index (χ1) is 18.8. The van der Waals surface area contributed by atoms with E-state index >= 15 is 0 Å². The first-order valence-corrected chi connectivity index (χ1v) is 12.8. The molecule has 0 unspecified atom stereocenters. The highest BCUT2D eigenvalue weighted by Crippen LogP contribution is 2.33. The van der Waals surface area contributed by atoms with Gasteiger partial charge in [0.05, 0.1) is 33.0 Å². The van der Waals surface area contributed by atoms with E-state index in [1.165, 1.54) is 11.1 Å². The van der Waals surface area contributed by atoms with E-state index in [4.69, 9.17) is 0 Å². The summed E-state index contributed by atoms with van der Waals surface area (Å²) in [6.07, 6.45) is 0. The van der Waals surface area contributed by atoms with Crippen molar-refractivity contribution in [2.75, 3.05) is 0 Å². The average molecular weight is 487 g/mol. The summed E-state index contributed by atoms with van der Waals surface area (Å²) in [5.41, 5.74) is 9.50. The molecule has 0 aliphatic heterocycles. The Hall–Kier alpha value is -5.15. The summed E-state index contributed by atoms with van der Waals surface area (Å²) in [7, 11) is 0. The Morgan fingerprint density at radius 1 is 0.368 bits per heavy atom. The van der Waals surface area contributed by atoms with Gasteiger partial charge in [-0.3, -0.25) is 9.20 Å². The van der Waals surface area contributed by atoms with Gasteiger partial charge in [-0.15, -0.1) is 0 Å². The summed E-state index contributed by atoms with van der Waals surface area (Å²) < 4.78 is 4.13. The Kier molecular flexibility index (Phi) is 4.38. The van der Waals surface area contributed by atoms with Crippen molar-refractivity contribution >= 4 is 43.7 Å². The number of rotatable bonds is 2. The van der Waals surface area contributed by atoms with Crippen molar-refractivity contribution in [1.29, 1.82) is 0 Å². The van der Waals surface area contributed by atoms with Gasteiger partial charge in [-0.2, -0.15) is 0 Å². The first kappa shape index (κ1) is 21.0. The van der Waals surface area contributed by atoms with Crippen LogP contribution in [-0.2, 0) is 0 Å². The van der Waals surface area contributed by atoms with E-state index in [9.17, 15) is 4.79 Å². The summed E-state index contributed by atoms with van der Waals surface area (Å²) in [5, 5.41) is 2.89. The fourth-order valence-electron chi connectivity index (χ4n) is 5.88. The second-order valence-electron chi connectivity index (χ2n) is 9.83. The van der Waals surface area contributed by atoms with Gasteiger partial charge in [0.15, 0.2) is 0 Å². The molecule has 8 aromatic rings. The minimum atomic E-state index is -0.00387. The molecule has 0 amide bonds. The molecule has 0 spiro atoms. The molecular weight excluding hydrogens is 464 g/mol. The predicted molar refractivity (Wildman–Crippen MR) is 158 cm³/mol. The lowest BCUT2D eigenvalue weighted by atomic mass is 10.0. The van der Waals surface area contributed by atoms with Gasteiger partial charge in [0.1, 0.15) is 0 Å². The number of hydrogen-bond donors (Lipinski definition) is 0. The number of fused-ring (bicyclic) bond motifs is 9. The lowest BCUT2D eigenvalue weighted by molar-refractivity contribution is 1.21. The molecule has 0 aliphatic carbocycles. The minimum absolute atomic E-state index is 0.00387. The SMILES string of the molecule is O=c1c2ccccc2n2c3ccc(-c4ccccc4)cc3cc2c2cc3cc(-c4ccccc4)ccc3n12. The molecule has 0 saturated carbocycles. The van der Waals surface area contributed by atoms with Gasteiger partial charge >= 0.3 is 0 Å². The minimum Gasteiger partial charge on any atom is -0.307 e. The van der Waals surface area contributed by atoms with E-state index in [0.29, 0.717) is 5.39 Å². The lowest BCUT2D eigenvalue weighted by Gasteiger charge is -2.03. The zero-order valence-electron chi connectivity index (χ0n) is 20.5. The highest BCUT2D eigenvalue weighted by atomic mass is 16.1. The van der Waals surface area contributed by atoms with Crippen molar-refractivity contribution in [3.05, 3.63) is 144 Å². The van der Waals surface area contributed by atoms with Crippen LogP contribution in [0, 0.1) is 0 Å². The quantitative estimate of drug-likeness (QED) is 0.241. The van der Waals surface area contributed by atoms with Crippen LogP contribution in [0.1, 0.15) is 0 Å². The van der Waals surface area contributed by atoms with E-state index < -0.39 is 0 Å². The van der Waals surface area contributed by atoms with Crippen molar-refractivity contribution in [3.8, 4) is 22.3 Å². The van der Waals surface area contributed by atoms with Gasteiger partial charge in [0, 0.05) is 10.8 Å². The number of para-hydroxylation sites is 1. The average Bonchev–Trinajstić information content (AvgIpc) is 3.53. The molecule has 0 aliphatic rings. The maximum absolute atomic E-state index is 14.0. The van der Waals surface area contributed by atoms with Crippen molar-refractivity contribution in [1.82, 2.24) is 8.80 Å². The Bertz CT molecular complexity index is 2240. The summed E-state index contributed by atoms with van der Waals surface area (Å²) in [6, 6.07) is 46.1. The van der Waals surface area contributed by atoms with Crippen LogP contribution in [0.3, 0.4) is 0 Å². The highest BCUT2D eigenvalue weighted by Gasteiger charge is 2.16. The topological polar surface area (TPSA) is 25.9 Å². The van der Waals surface area contributed by atoms with Gasteiger partial charge < -0.3 is 4.40 Å². The van der Waals surface area contributed by atoms with Crippen LogP contribution in [0.25, 0.3) is 66.0 Å². The molecule has 3 aromatic heterocycles. The van der Waals surface area contributed by atoms with E-state index in [1.807, 2.05) is 40.8 Å². The lowest BCUT2D eigenvalue weighted by Crippen LogP contribution is -2.09. The van der Waals surface area contributed by atoms with E-state index in [-0.39, 0.29) is 5.56 Å². The molecule has 5 aromatic carbocycles. The standard InChI is InChI=1S/C35H22N2O/c38-35-29-13-7-8-14-32(29)36-30-17-15-25(23-9-3-1-4-10-23)19-27(30)21-33(36)34-22-28-20-26(16-18-31(28)37(34)35)24-11-5-2-6-12-24/h1-22H. The second kappa shape index (κ2) is 7.92. The monoisotopic (exact) mass is 486 g/mol. The maximum Gasteiger partial charge on any atom is 0.265 e. The third-order valence-electron chi connectivity index (χ3n) is 7.66. The van der Waals surface area contributed by atoms with Gasteiger partial charge in [-0.25, -0.2) is 0 Å². The van der Waals surface area contributed by atoms with Gasteiger partial charge in [-0.05, 0) is 70.8 Å². The van der Waals surface area contributed by atoms with E-state index in [1.54, 1.807) is 0 Å². The second-order valence-corrected chi connectivity index (χ2v) is 9.83. The number of hydrogen-bond acceptors (Lipinski definition) is 1. The molecule has 0 N–H and O–H groups in total. The molecule has 3 heteroatoms. The van der Waals surface area contributed by atoms with Gasteiger partial charge in [0.25, 0.3) is 5.56 Å². The van der Waals surface area contributed by atoms with Crippen molar-refractivity contribution < 1.29 is 0 Å². The molecule has 8 rings (SSSR count). The Balaban J connectivity index is 1.52. The molecule has 0 atom stereocenters. The van der Waals surface area contributed by atoms with E-state index in [2.05, 4.69) is 101 Å². The van der Waals surface area contributed by atoms with Crippen LogP contribution in [0.4, 0.5) is 0 Å². The number of aromatic nitrogens is 2. The van der Waals surface area contributed by atoms with E-state index in [0.717, 1.165) is 49.5 Å². The molecule has 0 radical (unpaired) electrons. The molecule has 0 bridgehead atoms. The molecule has 3 nitrogen and oxygen atoms in total. The van der Waals surface area contributed by atoms with Gasteiger partial charge in [-0.1, -0.05) is 84.9 Å². The van der Waals surface area contributed by atoms with Crippen LogP contribution >= 0.6 is 0 Å². The third kappa shape index (κ3) is 2.99. The smallest absolute Gasteiger partial charge is 0.265 e. The van der Waals surface area contributed by atoms with Crippen LogP contribution in [-0.4, -0.2) is 8.80 Å². The molecule has 0 saturated heterocycles. The fourth-order valence-corrected chi connectivity index (χ4v) is 5.88. The highest BCUT2D eigenvalue weighted by molar-refractivity contribution is 6.03. The number of benzene rings is 5. The van der Waals surface area contributed by atoms with Gasteiger partial charge in [0.2, 0.25) is 0 Å². The largest absolute Gasteiger partial charge is 0.307 e. The normalized spacial score (nSPS) is 11.8. The van der Waals surface area contributed by atoms with Crippen molar-refractivity contribution in [2.45, 2.75) is 0 Å². The Morgan fingerprint density at radius 3 is 1.47 bits per heavy atom. The predicted octanol–water partition coefficient (Wildman–Crippen LogP) is 8.35. The zero-order valence-corrected chi connectivity index (χ0v) is 20.5. The summed E-state index contributed by atoms with van der Waals surface area (Å²) >= 11 is 0. The van der Waals surface area contributed by atoms with Crippen molar-refractivity contribution in [3.63, 3.8) is 0 Å². The Labute approximate surface area is 218 Å². The summed E-state index contributed by atoms with van der Waals surface area (Å²) in [4.78, 5) is 14.0. The van der Waals surface area contributed by atoms with Crippen LogP contribution in [0.5, 0.6) is 0 Å². The summed E-state index contributed by atoms with van der Waals surface area (Å²) in [5.74, 6) is 0. The molecule has 0 fully saturated rings. The Morgan fingerprint density at radius 2 is 0.868 bits per heavy atom. The van der Waals surface area contributed by atoms with Crippen LogP contribution < -0.4 is 5.56 Å². The molecule has 3 heterocycles. The zero-order chi connectivity index (χ0) is 25.2. The molecule has 38 heavy (non-hydrogen) atoms. The molecular formula is C35H22N2O. The number of nitrogens with zero attached hydrogens (tertiary/aromatic N) is 2. The summed E-state index contributed by atoms with van der Waals surface area (Å²) in [6.45, 7) is 0. The van der Waals surface area contributed by atoms with Crippen LogP contribution in [0.15, 0.2) is 138 Å². The molecule has 178 valence electrons. The third-order valence-corrected chi connectivity index (χ3v) is 7.66. The fraction of sp³-hybridized carbons (Fsp3) is 0. The maximum atomic E-state index is 14.0.